The Morgan fingerprint density at radius 3 is 2.78 bits per heavy atom. The van der Waals surface area contributed by atoms with Crippen LogP contribution in [-0.4, -0.2) is 35.4 Å². The summed E-state index contributed by atoms with van der Waals surface area (Å²) in [6.45, 7) is 0.528. The largest absolute Gasteiger partial charge is 0.496 e. The van der Waals surface area contributed by atoms with E-state index < -0.39 is 5.97 Å². The summed E-state index contributed by atoms with van der Waals surface area (Å²) in [6.07, 6.45) is 1.53. The van der Waals surface area contributed by atoms with Crippen molar-refractivity contribution in [2.24, 2.45) is 0 Å². The van der Waals surface area contributed by atoms with Crippen LogP contribution in [0.25, 0.3) is 0 Å². The van der Waals surface area contributed by atoms with Gasteiger partial charge in [-0.2, -0.15) is 10.1 Å². The van der Waals surface area contributed by atoms with Gasteiger partial charge < -0.3 is 20.1 Å². The highest BCUT2D eigenvalue weighted by Gasteiger charge is 2.08. The molecule has 0 saturated carbocycles. The van der Waals surface area contributed by atoms with Crippen molar-refractivity contribution in [3.63, 3.8) is 0 Å². The van der Waals surface area contributed by atoms with Crippen LogP contribution in [0.2, 0.25) is 0 Å². The van der Waals surface area contributed by atoms with E-state index in [0.29, 0.717) is 29.6 Å². The molecule has 1 heterocycles. The maximum absolute atomic E-state index is 11.6. The first-order valence-electron chi connectivity index (χ1n) is 8.20. The Kier molecular flexibility index (Phi) is 5.78. The molecule has 2 N–H and O–H groups in total. The lowest BCUT2D eigenvalue weighted by molar-refractivity contribution is 0.0601. The number of carbonyl (C=O) groups is 1. The van der Waals surface area contributed by atoms with Crippen molar-refractivity contribution in [2.75, 3.05) is 24.9 Å². The summed E-state index contributed by atoms with van der Waals surface area (Å²) in [4.78, 5) is 16.0. The van der Waals surface area contributed by atoms with E-state index in [2.05, 4.69) is 25.8 Å². The smallest absolute Gasteiger partial charge is 0.337 e. The van der Waals surface area contributed by atoms with Gasteiger partial charge in [-0.05, 0) is 24.3 Å². The fourth-order valence-electron chi connectivity index (χ4n) is 2.45. The number of aromatic nitrogens is 3. The van der Waals surface area contributed by atoms with E-state index >= 15 is 0 Å². The van der Waals surface area contributed by atoms with E-state index in [1.165, 1.54) is 13.3 Å². The number of para-hydroxylation sites is 1. The SMILES string of the molecule is COC(=O)c1cccc(Nc2nncc(NCc3ccccc3OC)n2)c1. The van der Waals surface area contributed by atoms with Gasteiger partial charge in [0.05, 0.1) is 26.0 Å². The molecular formula is C19H19N5O3. The lowest BCUT2D eigenvalue weighted by Gasteiger charge is -2.10. The van der Waals surface area contributed by atoms with Gasteiger partial charge in [0.1, 0.15) is 5.75 Å². The molecule has 8 nitrogen and oxygen atoms in total. The molecule has 8 heteroatoms. The van der Waals surface area contributed by atoms with E-state index in [1.54, 1.807) is 31.4 Å². The molecule has 2 aromatic carbocycles. The summed E-state index contributed by atoms with van der Waals surface area (Å²) in [6, 6.07) is 14.6. The molecule has 0 saturated heterocycles. The van der Waals surface area contributed by atoms with Gasteiger partial charge in [0.2, 0.25) is 5.95 Å². The molecule has 0 radical (unpaired) electrons. The van der Waals surface area contributed by atoms with Crippen LogP contribution in [0.1, 0.15) is 15.9 Å². The fraction of sp³-hybridized carbons (Fsp3) is 0.158. The van der Waals surface area contributed by atoms with E-state index in [9.17, 15) is 4.79 Å². The first-order valence-corrected chi connectivity index (χ1v) is 8.20. The second-order valence-electron chi connectivity index (χ2n) is 5.53. The highest BCUT2D eigenvalue weighted by molar-refractivity contribution is 5.90. The Hall–Kier alpha value is -3.68. The van der Waals surface area contributed by atoms with E-state index in [0.717, 1.165) is 11.3 Å². The first kappa shape index (κ1) is 18.1. The van der Waals surface area contributed by atoms with Crippen molar-refractivity contribution in [1.82, 2.24) is 15.2 Å². The van der Waals surface area contributed by atoms with Gasteiger partial charge in [-0.25, -0.2) is 4.79 Å². The molecule has 0 unspecified atom stereocenters. The monoisotopic (exact) mass is 365 g/mol. The Morgan fingerprint density at radius 1 is 1.11 bits per heavy atom. The maximum Gasteiger partial charge on any atom is 0.337 e. The number of benzene rings is 2. The van der Waals surface area contributed by atoms with Crippen molar-refractivity contribution in [1.29, 1.82) is 0 Å². The molecule has 0 aliphatic rings. The predicted octanol–water partition coefficient (Wildman–Crippen LogP) is 3.02. The van der Waals surface area contributed by atoms with E-state index in [4.69, 9.17) is 9.47 Å². The van der Waals surface area contributed by atoms with Gasteiger partial charge in [-0.1, -0.05) is 24.3 Å². The second-order valence-corrected chi connectivity index (χ2v) is 5.53. The zero-order valence-corrected chi connectivity index (χ0v) is 15.0. The third-order valence-electron chi connectivity index (χ3n) is 3.75. The van der Waals surface area contributed by atoms with Crippen molar-refractivity contribution < 1.29 is 14.3 Å². The second kappa shape index (κ2) is 8.61. The summed E-state index contributed by atoms with van der Waals surface area (Å²) in [5.74, 6) is 1.25. The molecule has 0 aliphatic carbocycles. The van der Waals surface area contributed by atoms with Crippen molar-refractivity contribution >= 4 is 23.4 Å². The first-order chi connectivity index (χ1) is 13.2. The summed E-state index contributed by atoms with van der Waals surface area (Å²) < 4.78 is 10.1. The molecule has 3 rings (SSSR count). The van der Waals surface area contributed by atoms with Gasteiger partial charge >= 0.3 is 5.97 Å². The highest BCUT2D eigenvalue weighted by Crippen LogP contribution is 2.19. The predicted molar refractivity (Wildman–Crippen MR) is 101 cm³/mol. The number of ether oxygens (including phenoxy) is 2. The highest BCUT2D eigenvalue weighted by atomic mass is 16.5. The molecule has 0 fully saturated rings. The number of hydrogen-bond acceptors (Lipinski definition) is 8. The fourth-order valence-corrected chi connectivity index (χ4v) is 2.45. The number of esters is 1. The number of nitrogens with zero attached hydrogens (tertiary/aromatic N) is 3. The molecule has 0 amide bonds. The Bertz CT molecular complexity index is 932. The number of methoxy groups -OCH3 is 2. The summed E-state index contributed by atoms with van der Waals surface area (Å²) in [5, 5.41) is 14.1. The van der Waals surface area contributed by atoms with Gasteiger partial charge in [-0.3, -0.25) is 0 Å². The molecule has 138 valence electrons. The molecule has 0 atom stereocenters. The molecule has 0 spiro atoms. The van der Waals surface area contributed by atoms with Crippen molar-refractivity contribution in [3.8, 4) is 5.75 Å². The summed E-state index contributed by atoms with van der Waals surface area (Å²) >= 11 is 0. The van der Waals surface area contributed by atoms with E-state index in [1.807, 2.05) is 24.3 Å². The Balaban J connectivity index is 1.70. The Morgan fingerprint density at radius 2 is 1.96 bits per heavy atom. The third-order valence-corrected chi connectivity index (χ3v) is 3.75. The van der Waals surface area contributed by atoms with Gasteiger partial charge in [0, 0.05) is 17.8 Å². The lowest BCUT2D eigenvalue weighted by atomic mass is 10.2. The molecule has 27 heavy (non-hydrogen) atoms. The average molecular weight is 365 g/mol. The zero-order valence-electron chi connectivity index (χ0n) is 15.0. The molecular weight excluding hydrogens is 346 g/mol. The number of anilines is 3. The van der Waals surface area contributed by atoms with Crippen LogP contribution in [0.5, 0.6) is 5.75 Å². The van der Waals surface area contributed by atoms with Gasteiger partial charge in [-0.15, -0.1) is 5.10 Å². The number of rotatable bonds is 7. The minimum Gasteiger partial charge on any atom is -0.496 e. The normalized spacial score (nSPS) is 10.1. The number of carbonyl (C=O) groups excluding carboxylic acids is 1. The Labute approximate surface area is 156 Å². The minimum absolute atomic E-state index is 0.307. The summed E-state index contributed by atoms with van der Waals surface area (Å²) in [7, 11) is 2.97. The van der Waals surface area contributed by atoms with Crippen molar-refractivity contribution in [2.45, 2.75) is 6.54 Å². The van der Waals surface area contributed by atoms with Crippen LogP contribution in [0.4, 0.5) is 17.5 Å². The van der Waals surface area contributed by atoms with Gasteiger partial charge in [0.15, 0.2) is 5.82 Å². The molecule has 0 bridgehead atoms. The lowest BCUT2D eigenvalue weighted by Crippen LogP contribution is -2.07. The number of nitrogens with one attached hydrogen (secondary N) is 2. The quantitative estimate of drug-likeness (QED) is 0.617. The standard InChI is InChI=1S/C19H19N5O3/c1-26-16-9-4-3-6-14(16)11-20-17-12-21-24-19(23-17)22-15-8-5-7-13(10-15)18(25)27-2/h3-10,12H,11H2,1-2H3,(H2,20,22,23,24). The van der Waals surface area contributed by atoms with E-state index in [-0.39, 0.29) is 0 Å². The van der Waals surface area contributed by atoms with Crippen LogP contribution < -0.4 is 15.4 Å². The molecule has 3 aromatic rings. The van der Waals surface area contributed by atoms with Crippen LogP contribution in [0.15, 0.2) is 54.7 Å². The molecule has 0 aliphatic heterocycles. The van der Waals surface area contributed by atoms with Crippen molar-refractivity contribution in [3.05, 3.63) is 65.9 Å². The topological polar surface area (TPSA) is 98.3 Å². The third kappa shape index (κ3) is 4.69. The molecule has 1 aromatic heterocycles. The van der Waals surface area contributed by atoms with Crippen LogP contribution in [-0.2, 0) is 11.3 Å². The zero-order chi connectivity index (χ0) is 19.1. The van der Waals surface area contributed by atoms with Crippen LogP contribution in [0.3, 0.4) is 0 Å². The van der Waals surface area contributed by atoms with Gasteiger partial charge in [0.25, 0.3) is 0 Å². The van der Waals surface area contributed by atoms with Crippen LogP contribution >= 0.6 is 0 Å². The number of hydrogen-bond donors (Lipinski definition) is 2. The average Bonchev–Trinajstić information content (AvgIpc) is 2.72. The summed E-state index contributed by atoms with van der Waals surface area (Å²) in [5.41, 5.74) is 2.08. The maximum atomic E-state index is 11.6. The van der Waals surface area contributed by atoms with Crippen LogP contribution in [0, 0.1) is 0 Å². The minimum atomic E-state index is -0.412.